The second-order valence-electron chi connectivity index (χ2n) is 2.76. The van der Waals surface area contributed by atoms with Gasteiger partial charge in [-0.25, -0.2) is 4.57 Å². The molecule has 0 amide bonds. The van der Waals surface area contributed by atoms with Crippen LogP contribution in [0.1, 0.15) is 12.0 Å². The summed E-state index contributed by atoms with van der Waals surface area (Å²) in [4.78, 5) is 10.2. The van der Waals surface area contributed by atoms with E-state index >= 15 is 0 Å². The number of carboxylic acid groups (broad SMARTS) is 1. The molecule has 13 heavy (non-hydrogen) atoms. The monoisotopic (exact) mass is 245 g/mol. The average molecular weight is 246 g/mol. The maximum absolute atomic E-state index is 10.2. The van der Waals surface area contributed by atoms with E-state index in [1.807, 2.05) is 36.0 Å². The lowest BCUT2D eigenvalue weighted by molar-refractivity contribution is -0.696. The highest BCUT2D eigenvalue weighted by molar-refractivity contribution is 5.66. The third kappa shape index (κ3) is 4.62. The maximum Gasteiger partial charge on any atom is 0.309 e. The van der Waals surface area contributed by atoms with Crippen molar-refractivity contribution >= 4 is 5.97 Å². The summed E-state index contributed by atoms with van der Waals surface area (Å²) in [5.74, 6) is -0.761. The molecule has 0 atom stereocenters. The fourth-order valence-corrected chi connectivity index (χ4v) is 0.906. The molecular weight excluding hydrogens is 234 g/mol. The zero-order chi connectivity index (χ0) is 8.97. The number of hydrogen-bond acceptors (Lipinski definition) is 1. The molecule has 0 bridgehead atoms. The van der Waals surface area contributed by atoms with Gasteiger partial charge >= 0.3 is 5.97 Å². The summed E-state index contributed by atoms with van der Waals surface area (Å²) in [6.07, 6.45) is 3.95. The second-order valence-corrected chi connectivity index (χ2v) is 2.76. The first kappa shape index (κ1) is 12.1. The number of pyridine rings is 1. The Balaban J connectivity index is 0.00000144. The molecule has 0 fully saturated rings. The van der Waals surface area contributed by atoms with E-state index in [2.05, 4.69) is 0 Å². The van der Waals surface area contributed by atoms with E-state index in [1.54, 1.807) is 0 Å². The number of carboxylic acids is 1. The fourth-order valence-electron chi connectivity index (χ4n) is 0.906. The number of hydrogen-bond donors (Lipinski definition) is 1. The maximum atomic E-state index is 10.2. The van der Waals surface area contributed by atoms with Crippen LogP contribution in [-0.2, 0) is 11.3 Å². The first-order valence-electron chi connectivity index (χ1n) is 3.86. The number of nitrogens with zero attached hydrogens (tertiary/aromatic N) is 1. The van der Waals surface area contributed by atoms with E-state index in [0.717, 1.165) is 0 Å². The van der Waals surface area contributed by atoms with Gasteiger partial charge < -0.3 is 22.1 Å². The Morgan fingerprint density at radius 3 is 2.46 bits per heavy atom. The Labute approximate surface area is 87.8 Å². The van der Waals surface area contributed by atoms with Crippen molar-refractivity contribution in [2.45, 2.75) is 19.9 Å². The summed E-state index contributed by atoms with van der Waals surface area (Å²) in [5, 5.41) is 8.42. The van der Waals surface area contributed by atoms with Crippen molar-refractivity contribution in [1.82, 2.24) is 0 Å². The van der Waals surface area contributed by atoms with E-state index in [1.165, 1.54) is 5.56 Å². The van der Waals surface area contributed by atoms with Gasteiger partial charge in [-0.3, -0.25) is 4.79 Å². The van der Waals surface area contributed by atoms with Crippen LogP contribution in [0.15, 0.2) is 24.5 Å². The lowest BCUT2D eigenvalue weighted by Crippen LogP contribution is -3.00. The molecule has 4 heteroatoms. The van der Waals surface area contributed by atoms with Gasteiger partial charge in [0.2, 0.25) is 0 Å². The Bertz CT molecular complexity index is 271. The largest absolute Gasteiger partial charge is 1.00 e. The van der Waals surface area contributed by atoms with Crippen LogP contribution in [0.2, 0.25) is 0 Å². The van der Waals surface area contributed by atoms with Crippen LogP contribution in [-0.4, -0.2) is 11.1 Å². The standard InChI is InChI=1S/C9H11NO2.BrH/c1-8-2-5-10(6-3-8)7-4-9(11)12;/h2-3,5-6H,4,7H2,1H3;1H. The first-order chi connectivity index (χ1) is 5.68. The summed E-state index contributed by atoms with van der Waals surface area (Å²) in [7, 11) is 0. The van der Waals surface area contributed by atoms with Crippen molar-refractivity contribution in [1.29, 1.82) is 0 Å². The van der Waals surface area contributed by atoms with Gasteiger partial charge in [0.1, 0.15) is 6.42 Å². The minimum atomic E-state index is -0.761. The first-order valence-corrected chi connectivity index (χ1v) is 3.86. The van der Waals surface area contributed by atoms with Gasteiger partial charge in [0.05, 0.1) is 0 Å². The minimum Gasteiger partial charge on any atom is -1.00 e. The number of aliphatic carboxylic acids is 1. The molecule has 1 aromatic rings. The molecule has 72 valence electrons. The van der Waals surface area contributed by atoms with Gasteiger partial charge in [-0.05, 0) is 12.5 Å². The molecule has 0 aromatic carbocycles. The summed E-state index contributed by atoms with van der Waals surface area (Å²) in [5.41, 5.74) is 1.18. The van der Waals surface area contributed by atoms with Crippen LogP contribution in [0.5, 0.6) is 0 Å². The van der Waals surface area contributed by atoms with E-state index in [-0.39, 0.29) is 23.4 Å². The fraction of sp³-hybridized carbons (Fsp3) is 0.333. The molecule has 0 radical (unpaired) electrons. The van der Waals surface area contributed by atoms with Gasteiger partial charge in [0, 0.05) is 12.1 Å². The molecule has 1 N–H and O–H groups in total. The second kappa shape index (κ2) is 5.70. The summed E-state index contributed by atoms with van der Waals surface area (Å²) >= 11 is 0. The topological polar surface area (TPSA) is 41.2 Å². The number of rotatable bonds is 3. The number of halogens is 1. The van der Waals surface area contributed by atoms with Crippen LogP contribution in [0.3, 0.4) is 0 Å². The van der Waals surface area contributed by atoms with Crippen LogP contribution >= 0.6 is 0 Å². The zero-order valence-corrected chi connectivity index (χ0v) is 8.99. The Kier molecular flexibility index (Phi) is 5.30. The normalized spacial score (nSPS) is 9.00. The molecule has 1 aromatic heterocycles. The molecule has 1 heterocycles. The summed E-state index contributed by atoms with van der Waals surface area (Å²) < 4.78 is 1.86. The van der Waals surface area contributed by atoms with Crippen LogP contribution in [0.25, 0.3) is 0 Å². The van der Waals surface area contributed by atoms with Gasteiger partial charge in [-0.1, -0.05) is 0 Å². The smallest absolute Gasteiger partial charge is 0.309 e. The minimum absolute atomic E-state index is 0. The third-order valence-corrected chi connectivity index (χ3v) is 1.64. The molecule has 3 nitrogen and oxygen atoms in total. The number of carbonyl (C=O) groups is 1. The van der Waals surface area contributed by atoms with Crippen LogP contribution < -0.4 is 21.5 Å². The Morgan fingerprint density at radius 2 is 2.00 bits per heavy atom. The average Bonchev–Trinajstić information content (AvgIpc) is 2.03. The lowest BCUT2D eigenvalue weighted by atomic mass is 10.3. The number of aromatic nitrogens is 1. The predicted molar refractivity (Wildman–Crippen MR) is 43.6 cm³/mol. The molecule has 0 saturated heterocycles. The molecule has 0 unspecified atom stereocenters. The quantitative estimate of drug-likeness (QED) is 0.613. The zero-order valence-electron chi connectivity index (χ0n) is 7.40. The highest BCUT2D eigenvalue weighted by atomic mass is 79.9. The summed E-state index contributed by atoms with van der Waals surface area (Å²) in [6.45, 7) is 2.54. The molecular formula is C9H12BrNO2. The van der Waals surface area contributed by atoms with E-state index in [9.17, 15) is 4.79 Å². The molecule has 0 spiro atoms. The molecule has 0 saturated carbocycles. The highest BCUT2D eigenvalue weighted by Gasteiger charge is 2.02. The molecule has 0 aliphatic rings. The number of aryl methyl sites for hydroxylation is 2. The molecule has 0 aliphatic heterocycles. The highest BCUT2D eigenvalue weighted by Crippen LogP contribution is 1.90. The van der Waals surface area contributed by atoms with Gasteiger partial charge in [0.15, 0.2) is 18.9 Å². The lowest BCUT2D eigenvalue weighted by Gasteiger charge is -1.93. The van der Waals surface area contributed by atoms with Crippen molar-refractivity contribution in [3.8, 4) is 0 Å². The van der Waals surface area contributed by atoms with Crippen molar-refractivity contribution in [2.24, 2.45) is 0 Å². The van der Waals surface area contributed by atoms with E-state index in [0.29, 0.717) is 6.54 Å². The van der Waals surface area contributed by atoms with E-state index in [4.69, 9.17) is 5.11 Å². The van der Waals surface area contributed by atoms with Crippen LogP contribution in [0, 0.1) is 6.92 Å². The van der Waals surface area contributed by atoms with Gasteiger partial charge in [-0.2, -0.15) is 0 Å². The van der Waals surface area contributed by atoms with Gasteiger partial charge in [0.25, 0.3) is 0 Å². The predicted octanol–water partition coefficient (Wildman–Crippen LogP) is -2.24. The third-order valence-electron chi connectivity index (χ3n) is 1.64. The SMILES string of the molecule is Cc1cc[n+](CCC(=O)O)cc1.[Br-]. The van der Waals surface area contributed by atoms with Crippen molar-refractivity contribution in [3.63, 3.8) is 0 Å². The van der Waals surface area contributed by atoms with Crippen molar-refractivity contribution in [2.75, 3.05) is 0 Å². The van der Waals surface area contributed by atoms with Crippen molar-refractivity contribution in [3.05, 3.63) is 30.1 Å². The molecule has 1 rings (SSSR count). The Hall–Kier alpha value is -0.900. The van der Waals surface area contributed by atoms with E-state index < -0.39 is 5.97 Å². The van der Waals surface area contributed by atoms with Gasteiger partial charge in [-0.15, -0.1) is 0 Å². The Morgan fingerprint density at radius 1 is 1.46 bits per heavy atom. The molecule has 0 aliphatic carbocycles. The summed E-state index contributed by atoms with van der Waals surface area (Å²) in [6, 6.07) is 3.92. The van der Waals surface area contributed by atoms with Crippen molar-refractivity contribution < 1.29 is 31.4 Å². The van der Waals surface area contributed by atoms with Crippen LogP contribution in [0.4, 0.5) is 0 Å².